The van der Waals surface area contributed by atoms with Crippen molar-refractivity contribution in [1.29, 1.82) is 0 Å². The Morgan fingerprint density at radius 3 is 2.23 bits per heavy atom. The third-order valence-electron chi connectivity index (χ3n) is 4.11. The van der Waals surface area contributed by atoms with Crippen LogP contribution >= 0.6 is 0 Å². The van der Waals surface area contributed by atoms with Crippen molar-refractivity contribution in [2.45, 2.75) is 58.6 Å². The Bertz CT molecular complexity index is 440. The van der Waals surface area contributed by atoms with E-state index in [4.69, 9.17) is 19.0 Å². The molecule has 0 amide bonds. The molecular weight excluding hydrogens is 344 g/mol. The standard InChI is InChI=1S/C20H38N2O3Si/c1-4-15-23-26(24-16-5-2,17-12-19-10-8-7-9-11-19)25-20(6-3)18-22-14-13-21/h7-11,20,22H,4-6,12-18,21H2,1-3H3. The van der Waals surface area contributed by atoms with Crippen LogP contribution in [0.25, 0.3) is 0 Å². The Hall–Kier alpha value is -0.763. The monoisotopic (exact) mass is 382 g/mol. The van der Waals surface area contributed by atoms with Crippen molar-refractivity contribution < 1.29 is 13.3 Å². The van der Waals surface area contributed by atoms with Crippen LogP contribution < -0.4 is 11.1 Å². The highest BCUT2D eigenvalue weighted by atomic mass is 28.4. The predicted octanol–water partition coefficient (Wildman–Crippen LogP) is 3.36. The zero-order valence-electron chi connectivity index (χ0n) is 16.8. The van der Waals surface area contributed by atoms with E-state index < -0.39 is 8.80 Å². The SMILES string of the molecule is CCCO[Si](CCc1ccccc1)(OCCC)OC(CC)CNCCN. The van der Waals surface area contributed by atoms with Gasteiger partial charge in [-0.2, -0.15) is 0 Å². The van der Waals surface area contributed by atoms with Gasteiger partial charge in [0.15, 0.2) is 0 Å². The molecule has 0 aromatic heterocycles. The number of aryl methyl sites for hydroxylation is 1. The van der Waals surface area contributed by atoms with Crippen molar-refractivity contribution in [2.75, 3.05) is 32.8 Å². The number of hydrogen-bond acceptors (Lipinski definition) is 5. The van der Waals surface area contributed by atoms with E-state index in [2.05, 4.69) is 50.4 Å². The maximum Gasteiger partial charge on any atom is 0.501 e. The summed E-state index contributed by atoms with van der Waals surface area (Å²) in [6.07, 6.45) is 3.83. The van der Waals surface area contributed by atoms with Gasteiger partial charge in [-0.1, -0.05) is 51.1 Å². The first-order valence-corrected chi connectivity index (χ1v) is 12.0. The summed E-state index contributed by atoms with van der Waals surface area (Å²) >= 11 is 0. The summed E-state index contributed by atoms with van der Waals surface area (Å²) in [5.41, 5.74) is 6.88. The van der Waals surface area contributed by atoms with Gasteiger partial charge in [0.1, 0.15) is 0 Å². The van der Waals surface area contributed by atoms with Gasteiger partial charge in [-0.15, -0.1) is 0 Å². The van der Waals surface area contributed by atoms with Gasteiger partial charge in [-0.3, -0.25) is 0 Å². The normalized spacial score (nSPS) is 13.1. The highest BCUT2D eigenvalue weighted by molar-refractivity contribution is 6.60. The minimum atomic E-state index is -2.74. The van der Waals surface area contributed by atoms with Gasteiger partial charge in [-0.25, -0.2) is 0 Å². The number of hydrogen-bond donors (Lipinski definition) is 2. The lowest BCUT2D eigenvalue weighted by Crippen LogP contribution is -2.51. The van der Waals surface area contributed by atoms with Crippen LogP contribution in [-0.4, -0.2) is 47.8 Å². The summed E-state index contributed by atoms with van der Waals surface area (Å²) in [5.74, 6) is 0. The molecule has 0 radical (unpaired) electrons. The van der Waals surface area contributed by atoms with Gasteiger partial charge < -0.3 is 24.3 Å². The average molecular weight is 383 g/mol. The fourth-order valence-corrected chi connectivity index (χ4v) is 5.67. The summed E-state index contributed by atoms with van der Waals surface area (Å²) in [5, 5.41) is 3.36. The van der Waals surface area contributed by atoms with Crippen LogP contribution in [0.2, 0.25) is 6.04 Å². The summed E-state index contributed by atoms with van der Waals surface area (Å²) < 4.78 is 19.1. The van der Waals surface area contributed by atoms with E-state index in [1.807, 2.05) is 6.07 Å². The van der Waals surface area contributed by atoms with E-state index in [0.717, 1.165) is 44.8 Å². The minimum absolute atomic E-state index is 0.0812. The van der Waals surface area contributed by atoms with Crippen LogP contribution in [0, 0.1) is 0 Å². The molecule has 1 atom stereocenters. The maximum absolute atomic E-state index is 6.55. The fourth-order valence-electron chi connectivity index (χ4n) is 2.66. The number of nitrogens with one attached hydrogen (secondary N) is 1. The topological polar surface area (TPSA) is 65.7 Å². The lowest BCUT2D eigenvalue weighted by molar-refractivity contribution is 0.0254. The molecule has 0 spiro atoms. The maximum atomic E-state index is 6.55. The first-order chi connectivity index (χ1) is 12.7. The highest BCUT2D eigenvalue weighted by Crippen LogP contribution is 2.22. The van der Waals surface area contributed by atoms with Gasteiger partial charge in [0.2, 0.25) is 0 Å². The molecular formula is C20H38N2O3Si. The van der Waals surface area contributed by atoms with Crippen molar-refractivity contribution in [2.24, 2.45) is 5.73 Å². The molecule has 0 aliphatic carbocycles. The Morgan fingerprint density at radius 2 is 1.69 bits per heavy atom. The van der Waals surface area contributed by atoms with Crippen molar-refractivity contribution in [1.82, 2.24) is 5.32 Å². The number of rotatable bonds is 16. The van der Waals surface area contributed by atoms with Crippen LogP contribution in [0.3, 0.4) is 0 Å². The molecule has 3 N–H and O–H groups in total. The Morgan fingerprint density at radius 1 is 1.04 bits per heavy atom. The van der Waals surface area contributed by atoms with E-state index in [-0.39, 0.29) is 6.10 Å². The van der Waals surface area contributed by atoms with Crippen LogP contribution in [0.1, 0.15) is 45.6 Å². The Kier molecular flexibility index (Phi) is 12.8. The predicted molar refractivity (Wildman–Crippen MR) is 110 cm³/mol. The van der Waals surface area contributed by atoms with E-state index in [9.17, 15) is 0 Å². The molecule has 0 fully saturated rings. The second kappa shape index (κ2) is 14.3. The van der Waals surface area contributed by atoms with Gasteiger partial charge in [0.05, 0.1) is 6.10 Å². The summed E-state index contributed by atoms with van der Waals surface area (Å²) in [6, 6.07) is 11.3. The van der Waals surface area contributed by atoms with Crippen molar-refractivity contribution >= 4 is 8.80 Å². The summed E-state index contributed by atoms with van der Waals surface area (Å²) in [7, 11) is -2.74. The molecule has 150 valence electrons. The zero-order chi connectivity index (χ0) is 19.1. The van der Waals surface area contributed by atoms with E-state index in [1.54, 1.807) is 0 Å². The molecule has 0 saturated carbocycles. The minimum Gasteiger partial charge on any atom is -0.373 e. The van der Waals surface area contributed by atoms with Gasteiger partial charge in [0.25, 0.3) is 0 Å². The molecule has 1 aromatic rings. The van der Waals surface area contributed by atoms with Crippen molar-refractivity contribution in [3.05, 3.63) is 35.9 Å². The largest absolute Gasteiger partial charge is 0.501 e. The van der Waals surface area contributed by atoms with Crippen molar-refractivity contribution in [3.8, 4) is 0 Å². The third-order valence-corrected chi connectivity index (χ3v) is 6.95. The second-order valence-corrected chi connectivity index (χ2v) is 9.19. The molecule has 1 rings (SSSR count). The third kappa shape index (κ3) is 9.25. The molecule has 0 heterocycles. The average Bonchev–Trinajstić information content (AvgIpc) is 2.69. The fraction of sp³-hybridized carbons (Fsp3) is 0.700. The van der Waals surface area contributed by atoms with Gasteiger partial charge in [0, 0.05) is 38.9 Å². The first-order valence-electron chi connectivity index (χ1n) is 10.1. The second-order valence-electron chi connectivity index (χ2n) is 6.51. The summed E-state index contributed by atoms with van der Waals surface area (Å²) in [4.78, 5) is 0. The van der Waals surface area contributed by atoms with Crippen LogP contribution in [0.5, 0.6) is 0 Å². The lowest BCUT2D eigenvalue weighted by atomic mass is 10.2. The quantitative estimate of drug-likeness (QED) is 0.339. The first kappa shape index (κ1) is 23.3. The van der Waals surface area contributed by atoms with Gasteiger partial charge in [-0.05, 0) is 31.2 Å². The van der Waals surface area contributed by atoms with Gasteiger partial charge >= 0.3 is 8.80 Å². The number of benzene rings is 1. The molecule has 1 unspecified atom stereocenters. The van der Waals surface area contributed by atoms with Crippen molar-refractivity contribution in [3.63, 3.8) is 0 Å². The number of nitrogens with two attached hydrogens (primary N) is 1. The van der Waals surface area contributed by atoms with Crippen LogP contribution in [0.4, 0.5) is 0 Å². The molecule has 0 bridgehead atoms. The van der Waals surface area contributed by atoms with E-state index >= 15 is 0 Å². The Balaban J connectivity index is 2.83. The molecule has 5 nitrogen and oxygen atoms in total. The lowest BCUT2D eigenvalue weighted by Gasteiger charge is -2.33. The molecule has 0 aliphatic heterocycles. The van der Waals surface area contributed by atoms with E-state index in [1.165, 1.54) is 5.56 Å². The zero-order valence-corrected chi connectivity index (χ0v) is 17.8. The molecule has 6 heteroatoms. The molecule has 26 heavy (non-hydrogen) atoms. The highest BCUT2D eigenvalue weighted by Gasteiger charge is 2.42. The molecule has 1 aromatic carbocycles. The molecule has 0 saturated heterocycles. The summed E-state index contributed by atoms with van der Waals surface area (Å²) in [6.45, 7) is 9.95. The van der Waals surface area contributed by atoms with E-state index in [0.29, 0.717) is 19.8 Å². The Labute approximate surface area is 161 Å². The smallest absolute Gasteiger partial charge is 0.373 e. The van der Waals surface area contributed by atoms with Crippen LogP contribution in [-0.2, 0) is 19.7 Å². The van der Waals surface area contributed by atoms with Crippen LogP contribution in [0.15, 0.2) is 30.3 Å². The molecule has 0 aliphatic rings.